The molecule has 0 amide bonds. The summed E-state index contributed by atoms with van der Waals surface area (Å²) in [6.07, 6.45) is 7.10. The van der Waals surface area contributed by atoms with Gasteiger partial charge in [0, 0.05) is 39.1 Å². The van der Waals surface area contributed by atoms with Crippen LogP contribution in [0.2, 0.25) is 5.02 Å². The predicted octanol–water partition coefficient (Wildman–Crippen LogP) is 4.04. The number of esters is 1. The monoisotopic (exact) mass is 535 g/mol. The second-order valence-electron chi connectivity index (χ2n) is 10.8. The number of nitrogens with two attached hydrogens (primary N) is 1. The molecule has 8 nitrogen and oxygen atoms in total. The number of benzene rings is 1. The summed E-state index contributed by atoms with van der Waals surface area (Å²) >= 11 is 6.16. The van der Waals surface area contributed by atoms with Gasteiger partial charge < -0.3 is 24.8 Å². The molecule has 4 saturated heterocycles. The van der Waals surface area contributed by atoms with Gasteiger partial charge in [-0.1, -0.05) is 18.0 Å². The van der Waals surface area contributed by atoms with E-state index in [9.17, 15) is 9.59 Å². The largest absolute Gasteiger partial charge is 0.496 e. The molecule has 0 saturated carbocycles. The van der Waals surface area contributed by atoms with Gasteiger partial charge in [0.2, 0.25) is 0 Å². The topological polar surface area (TPSA) is 94.3 Å². The highest BCUT2D eigenvalue weighted by molar-refractivity contribution is 6.33. The fourth-order valence-corrected chi connectivity index (χ4v) is 6.25. The minimum atomic E-state index is -0.0392. The Morgan fingerprint density at radius 3 is 2.49 bits per heavy atom. The number of likely N-dealkylation sites (tertiary alicyclic amines) is 1. The average molecular weight is 536 g/mol. The van der Waals surface area contributed by atoms with Crippen molar-refractivity contribution in [3.8, 4) is 5.75 Å². The summed E-state index contributed by atoms with van der Waals surface area (Å²) < 4.78 is 16.9. The van der Waals surface area contributed by atoms with Crippen LogP contribution in [0.15, 0.2) is 12.1 Å². The molecule has 0 aliphatic carbocycles. The van der Waals surface area contributed by atoms with Crippen molar-refractivity contribution in [2.24, 2.45) is 11.8 Å². The van der Waals surface area contributed by atoms with E-state index in [1.807, 2.05) is 0 Å². The molecule has 206 valence electrons. The number of Topliss-reactive ketones (excluding diaryl/α,β-unsaturated/α-hetero) is 1. The van der Waals surface area contributed by atoms with Crippen LogP contribution < -0.4 is 10.5 Å². The summed E-state index contributed by atoms with van der Waals surface area (Å²) in [5.74, 6) is 1.10. The predicted molar refractivity (Wildman–Crippen MR) is 144 cm³/mol. The molecule has 1 aromatic carbocycles. The molecule has 4 aliphatic rings. The highest BCUT2D eigenvalue weighted by Crippen LogP contribution is 2.33. The smallest absolute Gasteiger partial charge is 0.306 e. The molecule has 9 heteroatoms. The third-order valence-corrected chi connectivity index (χ3v) is 8.71. The van der Waals surface area contributed by atoms with Crippen LogP contribution in [0.5, 0.6) is 5.75 Å². The first-order chi connectivity index (χ1) is 17.9. The number of carbonyl (C=O) groups excluding carboxylic acids is 2. The maximum atomic E-state index is 13.1. The molecule has 1 aromatic rings. The number of rotatable bonds is 12. The number of halogens is 1. The number of hydrogen-bond donors (Lipinski definition) is 1. The maximum Gasteiger partial charge on any atom is 0.306 e. The summed E-state index contributed by atoms with van der Waals surface area (Å²) in [4.78, 5) is 30.2. The van der Waals surface area contributed by atoms with Gasteiger partial charge in [0.1, 0.15) is 11.9 Å². The van der Waals surface area contributed by atoms with Gasteiger partial charge in [-0.3, -0.25) is 14.5 Å². The molecular formula is C28H42ClN3O5. The Labute approximate surface area is 225 Å². The first-order valence-electron chi connectivity index (χ1n) is 13.7. The van der Waals surface area contributed by atoms with E-state index in [4.69, 9.17) is 31.5 Å². The first kappa shape index (κ1) is 28.1. The normalized spacial score (nSPS) is 27.7. The minimum Gasteiger partial charge on any atom is -0.496 e. The number of fused-ring (bicyclic) bond motifs is 3. The lowest BCUT2D eigenvalue weighted by Crippen LogP contribution is -2.51. The number of ether oxygens (including phenoxy) is 3. The number of anilines is 1. The Balaban J connectivity index is 1.15. The average Bonchev–Trinajstić information content (AvgIpc) is 2.91. The third kappa shape index (κ3) is 7.37. The summed E-state index contributed by atoms with van der Waals surface area (Å²) in [5, 5.41) is 0.356. The Kier molecular flexibility index (Phi) is 10.1. The van der Waals surface area contributed by atoms with Gasteiger partial charge in [-0.05, 0) is 76.2 Å². The Morgan fingerprint density at radius 1 is 1.03 bits per heavy atom. The lowest BCUT2D eigenvalue weighted by atomic mass is 9.86. The van der Waals surface area contributed by atoms with Gasteiger partial charge in [-0.25, -0.2) is 0 Å². The van der Waals surface area contributed by atoms with Crippen molar-refractivity contribution in [1.29, 1.82) is 0 Å². The SMILES string of the molecule is COc1cc(N)c(Cl)cc1C(=O)CC1CCN(CCCCCC(=O)OC2CN3CCC2CC3)CC1OC. The van der Waals surface area contributed by atoms with Crippen LogP contribution in [-0.2, 0) is 14.3 Å². The molecule has 4 heterocycles. The van der Waals surface area contributed by atoms with E-state index in [0.29, 0.717) is 40.8 Å². The van der Waals surface area contributed by atoms with Crippen molar-refractivity contribution in [3.63, 3.8) is 0 Å². The third-order valence-electron chi connectivity index (χ3n) is 8.38. The standard InChI is InChI=1S/C28H42ClN3O5/c1-35-25-16-23(30)22(29)15-21(25)24(33)14-20-9-13-31(17-26(20)36-2)10-5-3-4-6-28(34)37-27-18-32-11-7-19(27)8-12-32/h15-16,19-20,26-27H,3-14,17-18,30H2,1-2H3. The second kappa shape index (κ2) is 13.3. The zero-order valence-corrected chi connectivity index (χ0v) is 23.0. The van der Waals surface area contributed by atoms with Crippen molar-refractivity contribution in [1.82, 2.24) is 9.80 Å². The van der Waals surface area contributed by atoms with E-state index in [2.05, 4.69) is 9.80 Å². The van der Waals surface area contributed by atoms with Crippen LogP contribution in [-0.4, -0.2) is 87.2 Å². The molecule has 4 aliphatic heterocycles. The number of ketones is 1. The summed E-state index contributed by atoms with van der Waals surface area (Å²) in [6.45, 7) is 5.93. The van der Waals surface area contributed by atoms with Crippen LogP contribution in [0.25, 0.3) is 0 Å². The summed E-state index contributed by atoms with van der Waals surface area (Å²) in [5.41, 5.74) is 6.72. The number of piperidine rings is 4. The van der Waals surface area contributed by atoms with E-state index in [-0.39, 0.29) is 29.9 Å². The fourth-order valence-electron chi connectivity index (χ4n) is 6.09. The zero-order chi connectivity index (χ0) is 26.4. The van der Waals surface area contributed by atoms with E-state index in [0.717, 1.165) is 77.8 Å². The zero-order valence-electron chi connectivity index (χ0n) is 22.3. The molecule has 3 unspecified atom stereocenters. The van der Waals surface area contributed by atoms with Crippen LogP contribution in [0.3, 0.4) is 0 Å². The van der Waals surface area contributed by atoms with Crippen molar-refractivity contribution in [3.05, 3.63) is 22.7 Å². The van der Waals surface area contributed by atoms with Gasteiger partial charge in [0.05, 0.1) is 29.5 Å². The highest BCUT2D eigenvalue weighted by Gasteiger charge is 2.36. The highest BCUT2D eigenvalue weighted by atomic mass is 35.5. The van der Waals surface area contributed by atoms with Crippen molar-refractivity contribution >= 4 is 29.0 Å². The molecular weight excluding hydrogens is 494 g/mol. The van der Waals surface area contributed by atoms with Crippen molar-refractivity contribution < 1.29 is 23.8 Å². The van der Waals surface area contributed by atoms with Gasteiger partial charge in [0.15, 0.2) is 5.78 Å². The Hall–Kier alpha value is -1.87. The molecule has 37 heavy (non-hydrogen) atoms. The van der Waals surface area contributed by atoms with Gasteiger partial charge in [-0.15, -0.1) is 0 Å². The van der Waals surface area contributed by atoms with Crippen molar-refractivity contribution in [2.75, 3.05) is 59.2 Å². The second-order valence-corrected chi connectivity index (χ2v) is 11.2. The van der Waals surface area contributed by atoms with Crippen LogP contribution >= 0.6 is 11.6 Å². The Morgan fingerprint density at radius 2 is 1.81 bits per heavy atom. The van der Waals surface area contributed by atoms with E-state index in [1.165, 1.54) is 7.11 Å². The molecule has 4 fully saturated rings. The van der Waals surface area contributed by atoms with Gasteiger partial charge in [-0.2, -0.15) is 0 Å². The summed E-state index contributed by atoms with van der Waals surface area (Å²) in [6, 6.07) is 3.20. The molecule has 0 radical (unpaired) electrons. The number of nitrogen functional groups attached to an aromatic ring is 1. The van der Waals surface area contributed by atoms with Crippen LogP contribution in [0, 0.1) is 11.8 Å². The molecule has 0 spiro atoms. The van der Waals surface area contributed by atoms with Crippen LogP contribution in [0.4, 0.5) is 5.69 Å². The van der Waals surface area contributed by atoms with Crippen LogP contribution in [0.1, 0.15) is 61.7 Å². The lowest BCUT2D eigenvalue weighted by Gasteiger charge is -2.43. The maximum absolute atomic E-state index is 13.1. The summed E-state index contributed by atoms with van der Waals surface area (Å²) in [7, 11) is 3.24. The van der Waals surface area contributed by atoms with Gasteiger partial charge >= 0.3 is 5.97 Å². The van der Waals surface area contributed by atoms with Crippen molar-refractivity contribution in [2.45, 2.75) is 63.6 Å². The molecule has 5 rings (SSSR count). The number of methoxy groups -OCH3 is 2. The Bertz CT molecular complexity index is 937. The number of hydrogen-bond acceptors (Lipinski definition) is 8. The fraction of sp³-hybridized carbons (Fsp3) is 0.714. The molecule has 2 N–H and O–H groups in total. The lowest BCUT2D eigenvalue weighted by molar-refractivity contribution is -0.158. The molecule has 0 aromatic heterocycles. The quantitative estimate of drug-likeness (QED) is 0.185. The van der Waals surface area contributed by atoms with E-state index >= 15 is 0 Å². The first-order valence-corrected chi connectivity index (χ1v) is 14.1. The molecule has 2 bridgehead atoms. The van der Waals surface area contributed by atoms with Gasteiger partial charge in [0.25, 0.3) is 0 Å². The van der Waals surface area contributed by atoms with E-state index < -0.39 is 0 Å². The molecule has 3 atom stereocenters. The number of unbranched alkanes of at least 4 members (excludes halogenated alkanes) is 2. The number of nitrogens with zero attached hydrogens (tertiary/aromatic N) is 2. The van der Waals surface area contributed by atoms with E-state index in [1.54, 1.807) is 19.2 Å². The minimum absolute atomic E-state index is 0.00973. The number of carbonyl (C=O) groups is 2.